The molecule has 17 heavy (non-hydrogen) atoms. The maximum absolute atomic E-state index is 6.32. The van der Waals surface area contributed by atoms with E-state index in [1.807, 2.05) is 0 Å². The number of nitrogens with two attached hydrogens (primary N) is 1. The summed E-state index contributed by atoms with van der Waals surface area (Å²) in [5, 5.41) is 0. The fourth-order valence-electron chi connectivity index (χ4n) is 3.50. The van der Waals surface area contributed by atoms with Gasteiger partial charge in [0.25, 0.3) is 0 Å². The molecule has 0 aromatic carbocycles. The maximum atomic E-state index is 6.32. The second-order valence-electron chi connectivity index (χ2n) is 6.79. The van der Waals surface area contributed by atoms with Crippen molar-refractivity contribution in [2.24, 2.45) is 17.1 Å². The van der Waals surface area contributed by atoms with Crippen molar-refractivity contribution in [1.29, 1.82) is 0 Å². The third-order valence-corrected chi connectivity index (χ3v) is 5.06. The van der Waals surface area contributed by atoms with Crippen molar-refractivity contribution >= 4 is 0 Å². The molecule has 0 aromatic rings. The van der Waals surface area contributed by atoms with E-state index in [0.717, 1.165) is 12.3 Å². The Morgan fingerprint density at radius 2 is 2.00 bits per heavy atom. The van der Waals surface area contributed by atoms with Crippen molar-refractivity contribution in [2.75, 3.05) is 0 Å². The van der Waals surface area contributed by atoms with Gasteiger partial charge in [-0.1, -0.05) is 40.0 Å². The highest BCUT2D eigenvalue weighted by atomic mass is 16.5. The first-order valence-electron chi connectivity index (χ1n) is 7.44. The molecular formula is C15H29NO. The lowest BCUT2D eigenvalue weighted by atomic mass is 9.85. The van der Waals surface area contributed by atoms with E-state index in [2.05, 4.69) is 20.8 Å². The molecule has 0 saturated heterocycles. The minimum Gasteiger partial charge on any atom is -0.373 e. The summed E-state index contributed by atoms with van der Waals surface area (Å²) in [7, 11) is 0. The fraction of sp³-hybridized carbons (Fsp3) is 1.00. The molecule has 0 spiro atoms. The predicted octanol–water partition coefficient (Wildman–Crippen LogP) is 3.49. The van der Waals surface area contributed by atoms with Crippen molar-refractivity contribution in [1.82, 2.24) is 0 Å². The number of ether oxygens (including phenoxy) is 1. The van der Waals surface area contributed by atoms with E-state index in [1.165, 1.54) is 38.5 Å². The van der Waals surface area contributed by atoms with E-state index in [0.29, 0.717) is 12.2 Å². The molecule has 4 unspecified atom stereocenters. The molecule has 0 aromatic heterocycles. The van der Waals surface area contributed by atoms with Gasteiger partial charge in [-0.3, -0.25) is 0 Å². The average molecular weight is 239 g/mol. The van der Waals surface area contributed by atoms with Gasteiger partial charge in [0, 0.05) is 6.04 Å². The molecule has 2 saturated carbocycles. The zero-order chi connectivity index (χ0) is 12.5. The third kappa shape index (κ3) is 3.03. The van der Waals surface area contributed by atoms with Crippen LogP contribution in [0.4, 0.5) is 0 Å². The van der Waals surface area contributed by atoms with Crippen molar-refractivity contribution < 1.29 is 4.74 Å². The van der Waals surface area contributed by atoms with E-state index in [-0.39, 0.29) is 11.5 Å². The predicted molar refractivity (Wildman–Crippen MR) is 71.9 cm³/mol. The molecule has 2 fully saturated rings. The molecule has 2 heteroatoms. The lowest BCUT2D eigenvalue weighted by molar-refractivity contribution is -0.0484. The maximum Gasteiger partial charge on any atom is 0.0735 e. The molecule has 2 N–H and O–H groups in total. The van der Waals surface area contributed by atoms with Crippen LogP contribution >= 0.6 is 0 Å². The van der Waals surface area contributed by atoms with Crippen LogP contribution in [0.25, 0.3) is 0 Å². The lowest BCUT2D eigenvalue weighted by Gasteiger charge is -2.33. The summed E-state index contributed by atoms with van der Waals surface area (Å²) >= 11 is 0. The van der Waals surface area contributed by atoms with Gasteiger partial charge in [-0.15, -0.1) is 0 Å². The first kappa shape index (κ1) is 13.4. The molecule has 4 atom stereocenters. The van der Waals surface area contributed by atoms with Crippen molar-refractivity contribution in [3.8, 4) is 0 Å². The van der Waals surface area contributed by atoms with Crippen LogP contribution in [-0.2, 0) is 4.74 Å². The number of rotatable bonds is 3. The van der Waals surface area contributed by atoms with Crippen LogP contribution in [0.1, 0.15) is 65.7 Å². The Morgan fingerprint density at radius 3 is 2.59 bits per heavy atom. The summed E-state index contributed by atoms with van der Waals surface area (Å²) < 4.78 is 6.31. The van der Waals surface area contributed by atoms with Crippen molar-refractivity contribution in [3.63, 3.8) is 0 Å². The largest absolute Gasteiger partial charge is 0.373 e. The molecule has 2 aliphatic carbocycles. The van der Waals surface area contributed by atoms with E-state index in [9.17, 15) is 0 Å². The van der Waals surface area contributed by atoms with E-state index < -0.39 is 0 Å². The molecule has 0 heterocycles. The molecule has 2 aliphatic rings. The smallest absolute Gasteiger partial charge is 0.0735 e. The Kier molecular flexibility index (Phi) is 4.14. The summed E-state index contributed by atoms with van der Waals surface area (Å²) in [6.07, 6.45) is 9.73. The highest BCUT2D eigenvalue weighted by molar-refractivity contribution is 4.95. The van der Waals surface area contributed by atoms with E-state index in [1.54, 1.807) is 0 Å². The number of hydrogen-bond acceptors (Lipinski definition) is 2. The molecule has 100 valence electrons. The average Bonchev–Trinajstić information content (AvgIpc) is 2.57. The summed E-state index contributed by atoms with van der Waals surface area (Å²) in [6.45, 7) is 6.85. The highest BCUT2D eigenvalue weighted by Gasteiger charge is 2.41. The topological polar surface area (TPSA) is 35.2 Å². The van der Waals surface area contributed by atoms with Crippen LogP contribution < -0.4 is 5.73 Å². The first-order chi connectivity index (χ1) is 8.03. The van der Waals surface area contributed by atoms with Crippen LogP contribution in [0.3, 0.4) is 0 Å². The zero-order valence-electron chi connectivity index (χ0n) is 11.7. The fourth-order valence-corrected chi connectivity index (χ4v) is 3.50. The zero-order valence-corrected chi connectivity index (χ0v) is 11.7. The molecule has 0 aliphatic heterocycles. The Labute approximate surface area is 106 Å². The monoisotopic (exact) mass is 239 g/mol. The molecule has 2 rings (SSSR count). The Morgan fingerprint density at radius 1 is 1.24 bits per heavy atom. The van der Waals surface area contributed by atoms with Crippen molar-refractivity contribution in [3.05, 3.63) is 0 Å². The second kappa shape index (κ2) is 5.27. The first-order valence-corrected chi connectivity index (χ1v) is 7.44. The van der Waals surface area contributed by atoms with Gasteiger partial charge in [0.05, 0.1) is 12.2 Å². The number of hydrogen-bond donors (Lipinski definition) is 1. The third-order valence-electron chi connectivity index (χ3n) is 5.06. The Balaban J connectivity index is 1.85. The molecule has 0 amide bonds. The highest BCUT2D eigenvalue weighted by Crippen LogP contribution is 2.39. The van der Waals surface area contributed by atoms with Gasteiger partial charge in [-0.05, 0) is 37.0 Å². The molecular weight excluding hydrogens is 210 g/mol. The minimum absolute atomic E-state index is 0.226. The Hall–Kier alpha value is -0.0800. The summed E-state index contributed by atoms with van der Waals surface area (Å²) in [4.78, 5) is 0. The minimum atomic E-state index is 0.226. The lowest BCUT2D eigenvalue weighted by Crippen LogP contribution is -2.43. The van der Waals surface area contributed by atoms with Gasteiger partial charge >= 0.3 is 0 Å². The van der Waals surface area contributed by atoms with Gasteiger partial charge in [0.2, 0.25) is 0 Å². The van der Waals surface area contributed by atoms with Gasteiger partial charge in [-0.25, -0.2) is 0 Å². The van der Waals surface area contributed by atoms with Crippen LogP contribution in [-0.4, -0.2) is 18.2 Å². The molecule has 0 bridgehead atoms. The van der Waals surface area contributed by atoms with E-state index >= 15 is 0 Å². The van der Waals surface area contributed by atoms with Crippen LogP contribution in [0, 0.1) is 11.3 Å². The summed E-state index contributed by atoms with van der Waals surface area (Å²) in [5.74, 6) is 0.888. The second-order valence-corrected chi connectivity index (χ2v) is 6.79. The Bertz CT molecular complexity index is 251. The molecule has 2 nitrogen and oxygen atoms in total. The van der Waals surface area contributed by atoms with Crippen molar-refractivity contribution in [2.45, 2.75) is 84.0 Å². The normalized spacial score (nSPS) is 41.6. The standard InChI is InChI=1S/C15H29NO/c1-4-11-6-5-7-12(10-11)17-13-8-9-15(2,3)14(13)16/h11-14H,4-10,16H2,1-3H3. The SMILES string of the molecule is CCC1CCCC(OC2CCC(C)(C)C2N)C1. The van der Waals surface area contributed by atoms with Gasteiger partial charge in [0.15, 0.2) is 0 Å². The van der Waals surface area contributed by atoms with Crippen LogP contribution in [0.5, 0.6) is 0 Å². The van der Waals surface area contributed by atoms with Gasteiger partial charge < -0.3 is 10.5 Å². The van der Waals surface area contributed by atoms with Crippen LogP contribution in [0.2, 0.25) is 0 Å². The summed E-state index contributed by atoms with van der Waals surface area (Å²) in [5.41, 5.74) is 6.58. The summed E-state index contributed by atoms with van der Waals surface area (Å²) in [6, 6.07) is 0.226. The van der Waals surface area contributed by atoms with Gasteiger partial charge in [-0.2, -0.15) is 0 Å². The molecule has 0 radical (unpaired) electrons. The van der Waals surface area contributed by atoms with E-state index in [4.69, 9.17) is 10.5 Å². The van der Waals surface area contributed by atoms with Gasteiger partial charge in [0.1, 0.15) is 0 Å². The van der Waals surface area contributed by atoms with Crippen LogP contribution in [0.15, 0.2) is 0 Å². The quantitative estimate of drug-likeness (QED) is 0.818.